The molecule has 106 valence electrons. The first-order valence-corrected chi connectivity index (χ1v) is 7.28. The van der Waals surface area contributed by atoms with E-state index >= 15 is 0 Å². The van der Waals surface area contributed by atoms with E-state index in [1.54, 1.807) is 0 Å². The van der Waals surface area contributed by atoms with Gasteiger partial charge in [-0.2, -0.15) is 0 Å². The van der Waals surface area contributed by atoms with Crippen molar-refractivity contribution in [2.75, 3.05) is 5.32 Å². The summed E-state index contributed by atoms with van der Waals surface area (Å²) in [7, 11) is 0. The van der Waals surface area contributed by atoms with Crippen LogP contribution in [0.3, 0.4) is 0 Å². The maximum atomic E-state index is 12.4. The summed E-state index contributed by atoms with van der Waals surface area (Å²) in [6, 6.07) is 9.60. The van der Waals surface area contributed by atoms with E-state index in [1.807, 2.05) is 54.9 Å². The van der Waals surface area contributed by atoms with E-state index in [1.165, 1.54) is 0 Å². The number of carbonyl (C=O) groups excluding carboxylic acids is 1. The van der Waals surface area contributed by atoms with Crippen LogP contribution in [0.5, 0.6) is 0 Å². The van der Waals surface area contributed by atoms with Crippen molar-refractivity contribution in [2.24, 2.45) is 5.73 Å². The summed E-state index contributed by atoms with van der Waals surface area (Å²) >= 11 is 3.41. The lowest BCUT2D eigenvalue weighted by atomic mass is 10.2. The lowest BCUT2D eigenvalue weighted by molar-refractivity contribution is 0.101. The zero-order valence-corrected chi connectivity index (χ0v) is 13.1. The lowest BCUT2D eigenvalue weighted by Crippen LogP contribution is -2.17. The Morgan fingerprint density at radius 2 is 2.15 bits per heavy atom. The van der Waals surface area contributed by atoms with Crippen LogP contribution < -0.4 is 11.1 Å². The minimum absolute atomic E-state index is 0.126. The second kappa shape index (κ2) is 6.24. The zero-order valence-electron chi connectivity index (χ0n) is 11.6. The summed E-state index contributed by atoms with van der Waals surface area (Å²) < 4.78 is 2.83. The van der Waals surface area contributed by atoms with E-state index < -0.39 is 0 Å². The minimum Gasteiger partial charge on any atom is -0.340 e. The molecule has 0 spiro atoms. The van der Waals surface area contributed by atoms with Crippen LogP contribution in [-0.2, 0) is 6.54 Å². The molecule has 3 N–H and O–H groups in total. The molecule has 0 aliphatic heterocycles. The molecule has 1 aromatic heterocycles. The number of benzene rings is 1. The number of nitrogens with one attached hydrogen (secondary N) is 1. The topological polar surface area (TPSA) is 60.0 Å². The highest BCUT2D eigenvalue weighted by molar-refractivity contribution is 9.10. The Kier molecular flexibility index (Phi) is 4.62. The third-order valence-electron chi connectivity index (χ3n) is 3.02. The molecule has 4 nitrogen and oxygen atoms in total. The lowest BCUT2D eigenvalue weighted by Gasteiger charge is -2.13. The van der Waals surface area contributed by atoms with E-state index in [4.69, 9.17) is 5.73 Å². The molecule has 0 saturated carbocycles. The first kappa shape index (κ1) is 14.8. The predicted molar refractivity (Wildman–Crippen MR) is 84.8 cm³/mol. The van der Waals surface area contributed by atoms with Gasteiger partial charge in [-0.15, -0.1) is 0 Å². The van der Waals surface area contributed by atoms with E-state index in [0.717, 1.165) is 15.7 Å². The van der Waals surface area contributed by atoms with E-state index in [0.29, 0.717) is 12.2 Å². The number of carbonyl (C=O) groups is 1. The Bertz CT molecular complexity index is 619. The van der Waals surface area contributed by atoms with Crippen LogP contribution in [0.25, 0.3) is 0 Å². The van der Waals surface area contributed by atoms with Gasteiger partial charge in [0.05, 0.1) is 0 Å². The molecule has 0 unspecified atom stereocenters. The fourth-order valence-corrected chi connectivity index (χ4v) is 2.46. The molecular formula is C15H18BrN3O. The van der Waals surface area contributed by atoms with Crippen molar-refractivity contribution < 1.29 is 4.79 Å². The van der Waals surface area contributed by atoms with Crippen LogP contribution in [0.15, 0.2) is 41.0 Å². The summed E-state index contributed by atoms with van der Waals surface area (Å²) in [5.74, 6) is -0.126. The fraction of sp³-hybridized carbons (Fsp3) is 0.267. The van der Waals surface area contributed by atoms with Gasteiger partial charge in [-0.3, -0.25) is 4.79 Å². The van der Waals surface area contributed by atoms with Crippen molar-refractivity contribution in [1.29, 1.82) is 0 Å². The first-order chi connectivity index (χ1) is 9.51. The molecule has 0 atom stereocenters. The second-order valence-electron chi connectivity index (χ2n) is 4.90. The average molecular weight is 336 g/mol. The molecule has 0 aliphatic rings. The number of nitrogens with two attached hydrogens (primary N) is 1. The summed E-state index contributed by atoms with van der Waals surface area (Å²) in [5, 5.41) is 2.91. The van der Waals surface area contributed by atoms with Gasteiger partial charge in [0.1, 0.15) is 5.69 Å². The van der Waals surface area contributed by atoms with Gasteiger partial charge in [0.2, 0.25) is 0 Å². The molecule has 5 heteroatoms. The third-order valence-corrected chi connectivity index (χ3v) is 3.46. The van der Waals surface area contributed by atoms with Gasteiger partial charge >= 0.3 is 0 Å². The number of hydrogen-bond acceptors (Lipinski definition) is 2. The summed E-state index contributed by atoms with van der Waals surface area (Å²) in [6.45, 7) is 4.54. The van der Waals surface area contributed by atoms with Crippen LogP contribution in [0.1, 0.15) is 35.9 Å². The van der Waals surface area contributed by atoms with Crippen molar-refractivity contribution in [2.45, 2.75) is 26.4 Å². The SMILES string of the molecule is CC(C)n1cc(Br)cc1C(=O)Nc1cccc(CN)c1. The third kappa shape index (κ3) is 3.29. The molecular weight excluding hydrogens is 318 g/mol. The van der Waals surface area contributed by atoms with Gasteiger partial charge in [0.25, 0.3) is 5.91 Å². The van der Waals surface area contributed by atoms with Crippen molar-refractivity contribution in [3.8, 4) is 0 Å². The first-order valence-electron chi connectivity index (χ1n) is 6.49. The Balaban J connectivity index is 2.23. The van der Waals surface area contributed by atoms with E-state index in [2.05, 4.69) is 21.2 Å². The Hall–Kier alpha value is -1.59. The summed E-state index contributed by atoms with van der Waals surface area (Å²) in [4.78, 5) is 12.4. The van der Waals surface area contributed by atoms with Crippen LogP contribution in [-0.4, -0.2) is 10.5 Å². The molecule has 1 amide bonds. The number of rotatable bonds is 4. The highest BCUT2D eigenvalue weighted by Gasteiger charge is 2.15. The van der Waals surface area contributed by atoms with Crippen LogP contribution >= 0.6 is 15.9 Å². The highest BCUT2D eigenvalue weighted by Crippen LogP contribution is 2.21. The number of nitrogens with zero attached hydrogens (tertiary/aromatic N) is 1. The smallest absolute Gasteiger partial charge is 0.272 e. The number of anilines is 1. The van der Waals surface area contributed by atoms with Crippen molar-refractivity contribution in [3.63, 3.8) is 0 Å². The molecule has 20 heavy (non-hydrogen) atoms. The van der Waals surface area contributed by atoms with Gasteiger partial charge in [0.15, 0.2) is 0 Å². The quantitative estimate of drug-likeness (QED) is 0.897. The van der Waals surface area contributed by atoms with Gasteiger partial charge in [0, 0.05) is 28.9 Å². The Morgan fingerprint density at radius 3 is 2.80 bits per heavy atom. The van der Waals surface area contributed by atoms with Gasteiger partial charge in [-0.25, -0.2) is 0 Å². The monoisotopic (exact) mass is 335 g/mol. The largest absolute Gasteiger partial charge is 0.340 e. The molecule has 0 aliphatic carbocycles. The van der Waals surface area contributed by atoms with Crippen LogP contribution in [0.2, 0.25) is 0 Å². The predicted octanol–water partition coefficient (Wildman–Crippen LogP) is 3.54. The van der Waals surface area contributed by atoms with E-state index in [-0.39, 0.29) is 11.9 Å². The van der Waals surface area contributed by atoms with Gasteiger partial charge < -0.3 is 15.6 Å². The Morgan fingerprint density at radius 1 is 1.40 bits per heavy atom. The number of halogens is 1. The number of amides is 1. The van der Waals surface area contributed by atoms with Gasteiger partial charge in [-0.05, 0) is 53.5 Å². The van der Waals surface area contributed by atoms with Crippen LogP contribution in [0.4, 0.5) is 5.69 Å². The standard InChI is InChI=1S/C15H18BrN3O/c1-10(2)19-9-12(16)7-14(19)15(20)18-13-5-3-4-11(6-13)8-17/h3-7,9-10H,8,17H2,1-2H3,(H,18,20). The zero-order chi connectivity index (χ0) is 14.7. The summed E-state index contributed by atoms with van der Waals surface area (Å²) in [5.41, 5.74) is 7.98. The average Bonchev–Trinajstić information content (AvgIpc) is 2.81. The van der Waals surface area contributed by atoms with Gasteiger partial charge in [-0.1, -0.05) is 12.1 Å². The fourth-order valence-electron chi connectivity index (χ4n) is 2.03. The van der Waals surface area contributed by atoms with Crippen molar-refractivity contribution >= 4 is 27.5 Å². The Labute approximate surface area is 127 Å². The highest BCUT2D eigenvalue weighted by atomic mass is 79.9. The number of aromatic nitrogens is 1. The molecule has 0 saturated heterocycles. The molecule has 0 bridgehead atoms. The molecule has 2 aromatic rings. The van der Waals surface area contributed by atoms with Crippen molar-refractivity contribution in [1.82, 2.24) is 4.57 Å². The molecule has 1 heterocycles. The van der Waals surface area contributed by atoms with Crippen molar-refractivity contribution in [3.05, 3.63) is 52.3 Å². The molecule has 2 rings (SSSR count). The molecule has 0 radical (unpaired) electrons. The van der Waals surface area contributed by atoms with E-state index in [9.17, 15) is 4.79 Å². The molecule has 0 fully saturated rings. The molecule has 1 aromatic carbocycles. The minimum atomic E-state index is -0.126. The van der Waals surface area contributed by atoms with Crippen LogP contribution in [0, 0.1) is 0 Å². The second-order valence-corrected chi connectivity index (χ2v) is 5.82. The normalized spacial score (nSPS) is 10.8. The summed E-state index contributed by atoms with van der Waals surface area (Å²) in [6.07, 6.45) is 1.91. The maximum Gasteiger partial charge on any atom is 0.272 e. The maximum absolute atomic E-state index is 12.4. The number of hydrogen-bond donors (Lipinski definition) is 2.